The number of nitrogens with zero attached hydrogens (tertiary/aromatic N) is 2. The fraction of sp³-hybridized carbons (Fsp3) is 0.182. The average molecular weight is 419 g/mol. The highest BCUT2D eigenvalue weighted by atomic mass is 16.5. The van der Waals surface area contributed by atoms with E-state index in [-0.39, 0.29) is 31.1 Å². The zero-order valence-electron chi connectivity index (χ0n) is 16.8. The molecule has 2 heterocycles. The molecule has 0 aliphatic rings. The van der Waals surface area contributed by atoms with Gasteiger partial charge in [0.1, 0.15) is 5.75 Å². The van der Waals surface area contributed by atoms with E-state index in [1.165, 1.54) is 0 Å². The monoisotopic (exact) mass is 419 g/mol. The number of nitrogens with one attached hydrogen (secondary N) is 3. The number of benzene rings is 2. The van der Waals surface area contributed by atoms with Crippen molar-refractivity contribution in [3.63, 3.8) is 0 Å². The van der Waals surface area contributed by atoms with Crippen LogP contribution in [0.5, 0.6) is 5.75 Å². The van der Waals surface area contributed by atoms with Gasteiger partial charge in [-0.3, -0.25) is 20.4 Å². The molecule has 0 atom stereocenters. The smallest absolute Gasteiger partial charge is 0.242 e. The number of methoxy groups -OCH3 is 1. The fourth-order valence-electron chi connectivity index (χ4n) is 3.13. The Morgan fingerprint density at radius 2 is 1.84 bits per heavy atom. The van der Waals surface area contributed by atoms with Gasteiger partial charge in [-0.2, -0.15) is 4.98 Å². The lowest BCUT2D eigenvalue weighted by atomic mass is 10.1. The summed E-state index contributed by atoms with van der Waals surface area (Å²) in [6, 6.07) is 15.0. The minimum Gasteiger partial charge on any atom is -0.497 e. The summed E-state index contributed by atoms with van der Waals surface area (Å²) in [5, 5.41) is 4.91. The molecule has 9 nitrogen and oxygen atoms in total. The van der Waals surface area contributed by atoms with Crippen molar-refractivity contribution in [1.29, 1.82) is 0 Å². The molecule has 0 fully saturated rings. The maximum Gasteiger partial charge on any atom is 0.242 e. The van der Waals surface area contributed by atoms with Crippen LogP contribution in [-0.2, 0) is 22.4 Å². The zero-order chi connectivity index (χ0) is 21.6. The first kappa shape index (κ1) is 20.1. The minimum absolute atomic E-state index is 0.0949. The number of amides is 2. The molecule has 0 saturated carbocycles. The summed E-state index contributed by atoms with van der Waals surface area (Å²) in [6.45, 7) is 0. The molecule has 0 spiro atoms. The Balaban J connectivity index is 1.24. The van der Waals surface area contributed by atoms with Crippen molar-refractivity contribution in [1.82, 2.24) is 26.0 Å². The van der Waals surface area contributed by atoms with Gasteiger partial charge in [0.25, 0.3) is 0 Å². The lowest BCUT2D eigenvalue weighted by molar-refractivity contribution is -0.128. The van der Waals surface area contributed by atoms with Crippen LogP contribution in [0.4, 0.5) is 0 Å². The molecule has 9 heteroatoms. The Morgan fingerprint density at radius 1 is 1.06 bits per heavy atom. The maximum absolute atomic E-state index is 12.1. The topological polar surface area (TPSA) is 122 Å². The van der Waals surface area contributed by atoms with Crippen LogP contribution in [0.2, 0.25) is 0 Å². The van der Waals surface area contributed by atoms with Gasteiger partial charge in [0.2, 0.25) is 23.5 Å². The average Bonchev–Trinajstić information content (AvgIpc) is 3.44. The molecule has 4 rings (SSSR count). The molecule has 158 valence electrons. The highest BCUT2D eigenvalue weighted by Gasteiger charge is 2.12. The standard InChI is InChI=1S/C22H21N5O4/c1-30-16-8-6-14(7-9-16)22-24-21(31-27-22)11-10-19(28)25-26-20(29)12-15-13-23-18-5-3-2-4-17(15)18/h2-9,13,23H,10-12H2,1H3,(H,25,28)(H,26,29). The molecule has 2 aromatic carbocycles. The summed E-state index contributed by atoms with van der Waals surface area (Å²) in [5.74, 6) is 0.848. The quantitative estimate of drug-likeness (QED) is 0.396. The molecule has 0 radical (unpaired) electrons. The largest absolute Gasteiger partial charge is 0.497 e. The molecular formula is C22H21N5O4. The van der Waals surface area contributed by atoms with Crippen molar-refractivity contribution in [3.8, 4) is 17.1 Å². The Bertz CT molecular complexity index is 1200. The predicted molar refractivity (Wildman–Crippen MR) is 113 cm³/mol. The van der Waals surface area contributed by atoms with Crippen molar-refractivity contribution in [3.05, 3.63) is 66.2 Å². The number of fused-ring (bicyclic) bond motifs is 1. The van der Waals surface area contributed by atoms with Crippen LogP contribution in [0.25, 0.3) is 22.3 Å². The summed E-state index contributed by atoms with van der Waals surface area (Å²) < 4.78 is 10.3. The van der Waals surface area contributed by atoms with Crippen molar-refractivity contribution >= 4 is 22.7 Å². The number of carbonyl (C=O) groups excluding carboxylic acids is 2. The Morgan fingerprint density at radius 3 is 2.65 bits per heavy atom. The fourth-order valence-corrected chi connectivity index (χ4v) is 3.13. The van der Waals surface area contributed by atoms with Crippen LogP contribution in [-0.4, -0.2) is 34.0 Å². The zero-order valence-corrected chi connectivity index (χ0v) is 16.8. The summed E-state index contributed by atoms with van der Waals surface area (Å²) in [7, 11) is 1.59. The number of carbonyl (C=O) groups is 2. The van der Waals surface area contributed by atoms with Crippen molar-refractivity contribution in [2.24, 2.45) is 0 Å². The molecule has 0 aliphatic carbocycles. The lowest BCUT2D eigenvalue weighted by Crippen LogP contribution is -2.42. The number of aryl methyl sites for hydroxylation is 1. The van der Waals surface area contributed by atoms with Crippen LogP contribution in [0, 0.1) is 0 Å². The number of rotatable bonds is 7. The van der Waals surface area contributed by atoms with E-state index in [0.717, 1.165) is 27.8 Å². The maximum atomic E-state index is 12.1. The second kappa shape index (κ2) is 9.12. The Hall–Kier alpha value is -4.14. The van der Waals surface area contributed by atoms with Crippen LogP contribution in [0.1, 0.15) is 17.9 Å². The highest BCUT2D eigenvalue weighted by Crippen LogP contribution is 2.20. The van der Waals surface area contributed by atoms with Crippen LogP contribution < -0.4 is 15.6 Å². The molecule has 2 amide bonds. The van der Waals surface area contributed by atoms with Crippen LogP contribution in [0.15, 0.2) is 59.3 Å². The third-order valence-electron chi connectivity index (χ3n) is 4.75. The van der Waals surface area contributed by atoms with Gasteiger partial charge in [-0.15, -0.1) is 0 Å². The summed E-state index contributed by atoms with van der Waals surface area (Å²) >= 11 is 0. The van der Waals surface area contributed by atoms with Crippen molar-refractivity contribution in [2.45, 2.75) is 19.3 Å². The first-order chi connectivity index (χ1) is 15.1. The molecule has 0 saturated heterocycles. The molecular weight excluding hydrogens is 398 g/mol. The Labute approximate surface area is 177 Å². The molecule has 0 unspecified atom stereocenters. The van der Waals surface area contributed by atoms with Gasteiger partial charge in [0.05, 0.1) is 13.5 Å². The van der Waals surface area contributed by atoms with Gasteiger partial charge >= 0.3 is 0 Å². The van der Waals surface area contributed by atoms with Crippen molar-refractivity contribution < 1.29 is 18.8 Å². The first-order valence-electron chi connectivity index (χ1n) is 9.72. The number of hydrogen-bond acceptors (Lipinski definition) is 6. The lowest BCUT2D eigenvalue weighted by Gasteiger charge is -2.06. The summed E-state index contributed by atoms with van der Waals surface area (Å²) in [6.07, 6.45) is 2.30. The van der Waals surface area contributed by atoms with Gasteiger partial charge in [0.15, 0.2) is 0 Å². The third-order valence-corrected chi connectivity index (χ3v) is 4.75. The minimum atomic E-state index is -0.350. The molecule has 0 aliphatic heterocycles. The van der Waals surface area contributed by atoms with Gasteiger partial charge in [-0.1, -0.05) is 23.4 Å². The number of ether oxygens (including phenoxy) is 1. The predicted octanol–water partition coefficient (Wildman–Crippen LogP) is 2.55. The number of H-pyrrole nitrogens is 1. The number of para-hydroxylation sites is 1. The van der Waals surface area contributed by atoms with Gasteiger partial charge in [0, 0.05) is 35.5 Å². The van der Waals surface area contributed by atoms with Gasteiger partial charge in [-0.05, 0) is 35.9 Å². The van der Waals surface area contributed by atoms with E-state index in [1.807, 2.05) is 36.4 Å². The normalized spacial score (nSPS) is 10.7. The molecule has 4 aromatic rings. The molecule has 3 N–H and O–H groups in total. The van der Waals surface area contributed by atoms with Gasteiger partial charge in [-0.25, -0.2) is 0 Å². The number of aromatic amines is 1. The SMILES string of the molecule is COc1ccc(-c2noc(CCC(=O)NNC(=O)Cc3c[nH]c4ccccc34)n2)cc1. The highest BCUT2D eigenvalue weighted by molar-refractivity contribution is 5.89. The van der Waals surface area contributed by atoms with E-state index in [2.05, 4.69) is 26.0 Å². The van der Waals surface area contributed by atoms with E-state index in [9.17, 15) is 9.59 Å². The second-order valence-corrected chi connectivity index (χ2v) is 6.87. The van der Waals surface area contributed by atoms with E-state index >= 15 is 0 Å². The molecule has 2 aromatic heterocycles. The van der Waals surface area contributed by atoms with E-state index in [1.54, 1.807) is 25.4 Å². The first-order valence-corrected chi connectivity index (χ1v) is 9.72. The van der Waals surface area contributed by atoms with E-state index < -0.39 is 0 Å². The van der Waals surface area contributed by atoms with Crippen LogP contribution in [0.3, 0.4) is 0 Å². The summed E-state index contributed by atoms with van der Waals surface area (Å²) in [4.78, 5) is 31.6. The van der Waals surface area contributed by atoms with Gasteiger partial charge < -0.3 is 14.2 Å². The van der Waals surface area contributed by atoms with E-state index in [4.69, 9.17) is 9.26 Å². The number of hydrazine groups is 1. The number of aromatic nitrogens is 3. The third kappa shape index (κ3) is 4.89. The molecule has 31 heavy (non-hydrogen) atoms. The summed E-state index contributed by atoms with van der Waals surface area (Å²) in [5.41, 5.74) is 7.45. The number of hydrogen-bond donors (Lipinski definition) is 3. The van der Waals surface area contributed by atoms with Crippen LogP contribution >= 0.6 is 0 Å². The van der Waals surface area contributed by atoms with Crippen molar-refractivity contribution in [2.75, 3.05) is 7.11 Å². The molecule has 0 bridgehead atoms. The second-order valence-electron chi connectivity index (χ2n) is 6.87. The van der Waals surface area contributed by atoms with E-state index in [0.29, 0.717) is 11.7 Å². The Kier molecular flexibility index (Phi) is 5.93.